The molecule has 0 radical (unpaired) electrons. The van der Waals surface area contributed by atoms with Crippen molar-refractivity contribution < 1.29 is 17.9 Å². The lowest BCUT2D eigenvalue weighted by Gasteiger charge is -2.31. The number of piperidine rings is 1. The highest BCUT2D eigenvalue weighted by Gasteiger charge is 2.33. The Labute approximate surface area is 235 Å². The molecule has 0 bridgehead atoms. The minimum atomic E-state index is -2.56. The second kappa shape index (κ2) is 11.2. The molecule has 0 spiro atoms. The summed E-state index contributed by atoms with van der Waals surface area (Å²) in [4.78, 5) is 10.8. The number of fused-ring (bicyclic) bond motifs is 1. The Morgan fingerprint density at radius 3 is 2.54 bits per heavy atom. The van der Waals surface area contributed by atoms with Gasteiger partial charge in [-0.25, -0.2) is 18.2 Å². The van der Waals surface area contributed by atoms with E-state index in [0.29, 0.717) is 31.3 Å². The fourth-order valence-electron chi connectivity index (χ4n) is 5.04. The number of rotatable bonds is 8. The average Bonchev–Trinajstić information content (AvgIpc) is 3.40. The van der Waals surface area contributed by atoms with Crippen LogP contribution in [-0.2, 0) is 6.54 Å². The summed E-state index contributed by atoms with van der Waals surface area (Å²) in [5.74, 6) is -1.97. The molecule has 210 valence electrons. The molecule has 0 aliphatic carbocycles. The molecule has 0 amide bonds. The first-order valence-electron chi connectivity index (χ1n) is 13.5. The van der Waals surface area contributed by atoms with E-state index < -0.39 is 5.92 Å². The Morgan fingerprint density at radius 1 is 0.976 bits per heavy atom. The summed E-state index contributed by atoms with van der Waals surface area (Å²) >= 11 is 0. The standard InChI is InChI=1S/C31H29F3N6O/c1-20(37-25-5-9-29(36-18-25)41-26-6-3-24(32)4-7-26)30-27-15-22(2-8-28(27)38-39-30)23-14-21(16-35-17-23)19-40-12-10-31(33,34)11-13-40/h2-9,14-18,20,37H,10-13,19H2,1H3,(H,38,39). The van der Waals surface area contributed by atoms with Crippen molar-refractivity contribution in [3.63, 3.8) is 0 Å². The number of alkyl halides is 2. The molecule has 41 heavy (non-hydrogen) atoms. The predicted octanol–water partition coefficient (Wildman–Crippen LogP) is 7.36. The molecule has 1 atom stereocenters. The van der Waals surface area contributed by atoms with E-state index in [0.717, 1.165) is 39.0 Å². The van der Waals surface area contributed by atoms with Crippen LogP contribution in [0.5, 0.6) is 11.6 Å². The number of hydrogen-bond donors (Lipinski definition) is 2. The van der Waals surface area contributed by atoms with E-state index in [2.05, 4.69) is 42.5 Å². The summed E-state index contributed by atoms with van der Waals surface area (Å²) in [6, 6.07) is 17.4. The molecule has 6 rings (SSSR count). The largest absolute Gasteiger partial charge is 0.439 e. The Kier molecular flexibility index (Phi) is 7.32. The fourth-order valence-corrected chi connectivity index (χ4v) is 5.04. The zero-order valence-electron chi connectivity index (χ0n) is 22.4. The Balaban J connectivity index is 1.15. The number of benzene rings is 2. The highest BCUT2D eigenvalue weighted by Crippen LogP contribution is 2.31. The summed E-state index contributed by atoms with van der Waals surface area (Å²) in [6.07, 6.45) is 5.10. The SMILES string of the molecule is CC(Nc1ccc(Oc2ccc(F)cc2)nc1)c1[nH]nc2ccc(-c3cncc(CN4CCC(F)(F)CC4)c3)cc12. The van der Waals surface area contributed by atoms with E-state index in [9.17, 15) is 13.2 Å². The van der Waals surface area contributed by atoms with Gasteiger partial charge in [0.1, 0.15) is 11.6 Å². The first-order chi connectivity index (χ1) is 19.8. The van der Waals surface area contributed by atoms with Crippen LogP contribution in [0.3, 0.4) is 0 Å². The normalized spacial score (nSPS) is 16.0. The third-order valence-electron chi connectivity index (χ3n) is 7.29. The van der Waals surface area contributed by atoms with Gasteiger partial charge in [-0.3, -0.25) is 15.0 Å². The van der Waals surface area contributed by atoms with Crippen LogP contribution < -0.4 is 10.1 Å². The van der Waals surface area contributed by atoms with Gasteiger partial charge >= 0.3 is 0 Å². The lowest BCUT2D eigenvalue weighted by atomic mass is 10.0. The van der Waals surface area contributed by atoms with E-state index in [-0.39, 0.29) is 24.7 Å². The van der Waals surface area contributed by atoms with Gasteiger partial charge in [0.25, 0.3) is 5.92 Å². The van der Waals surface area contributed by atoms with E-state index in [1.807, 2.05) is 31.3 Å². The summed E-state index contributed by atoms with van der Waals surface area (Å²) in [5.41, 5.74) is 5.52. The molecule has 10 heteroatoms. The number of nitrogens with one attached hydrogen (secondary N) is 2. The molecular formula is C31H29F3N6O. The van der Waals surface area contributed by atoms with Gasteiger partial charge in [0, 0.05) is 61.9 Å². The molecule has 1 unspecified atom stereocenters. The number of halogens is 3. The molecule has 1 aliphatic heterocycles. The summed E-state index contributed by atoms with van der Waals surface area (Å²) in [5, 5.41) is 12.1. The molecule has 2 N–H and O–H groups in total. The van der Waals surface area contributed by atoms with Crippen LogP contribution in [0.25, 0.3) is 22.0 Å². The first-order valence-corrected chi connectivity index (χ1v) is 13.5. The van der Waals surface area contributed by atoms with Gasteiger partial charge in [0.2, 0.25) is 5.88 Å². The van der Waals surface area contributed by atoms with Crippen molar-refractivity contribution in [1.29, 1.82) is 0 Å². The van der Waals surface area contributed by atoms with Crippen LogP contribution in [0.1, 0.15) is 37.1 Å². The van der Waals surface area contributed by atoms with Crippen LogP contribution >= 0.6 is 0 Å². The van der Waals surface area contributed by atoms with Gasteiger partial charge in [-0.05, 0) is 66.6 Å². The molecule has 3 aromatic heterocycles. The number of ether oxygens (including phenoxy) is 1. The van der Waals surface area contributed by atoms with Crippen molar-refractivity contribution >= 4 is 16.6 Å². The van der Waals surface area contributed by atoms with Gasteiger partial charge in [-0.15, -0.1) is 0 Å². The summed E-state index contributed by atoms with van der Waals surface area (Å²) in [6.45, 7) is 3.39. The summed E-state index contributed by atoms with van der Waals surface area (Å²) < 4.78 is 45.9. The number of pyridine rings is 2. The maximum atomic E-state index is 13.5. The van der Waals surface area contributed by atoms with E-state index >= 15 is 0 Å². The van der Waals surface area contributed by atoms with Crippen molar-refractivity contribution in [3.05, 3.63) is 96.3 Å². The van der Waals surface area contributed by atoms with Gasteiger partial charge in [-0.1, -0.05) is 6.07 Å². The maximum absolute atomic E-state index is 13.5. The second-order valence-electron chi connectivity index (χ2n) is 10.4. The Hall–Kier alpha value is -4.44. The lowest BCUT2D eigenvalue weighted by molar-refractivity contribution is -0.0566. The van der Waals surface area contributed by atoms with Crippen molar-refractivity contribution in [1.82, 2.24) is 25.1 Å². The predicted molar refractivity (Wildman–Crippen MR) is 152 cm³/mol. The molecule has 7 nitrogen and oxygen atoms in total. The highest BCUT2D eigenvalue weighted by atomic mass is 19.3. The smallest absolute Gasteiger partial charge is 0.250 e. The van der Waals surface area contributed by atoms with E-state index in [1.165, 1.54) is 12.1 Å². The van der Waals surface area contributed by atoms with Crippen LogP contribution in [0, 0.1) is 5.82 Å². The summed E-state index contributed by atoms with van der Waals surface area (Å²) in [7, 11) is 0. The average molecular weight is 559 g/mol. The Morgan fingerprint density at radius 2 is 1.78 bits per heavy atom. The number of H-pyrrole nitrogens is 1. The quantitative estimate of drug-likeness (QED) is 0.207. The molecule has 1 aliphatic rings. The monoisotopic (exact) mass is 558 g/mol. The molecule has 1 saturated heterocycles. The van der Waals surface area contributed by atoms with Crippen LogP contribution in [0.2, 0.25) is 0 Å². The minimum Gasteiger partial charge on any atom is -0.439 e. The third-order valence-corrected chi connectivity index (χ3v) is 7.29. The Bertz CT molecular complexity index is 1630. The number of likely N-dealkylation sites (tertiary alicyclic amines) is 1. The number of aromatic amines is 1. The van der Waals surface area contributed by atoms with Gasteiger partial charge in [-0.2, -0.15) is 5.10 Å². The third kappa shape index (κ3) is 6.33. The van der Waals surface area contributed by atoms with Gasteiger partial charge in [0.15, 0.2) is 0 Å². The lowest BCUT2D eigenvalue weighted by Crippen LogP contribution is -2.38. The highest BCUT2D eigenvalue weighted by molar-refractivity contribution is 5.87. The first kappa shape index (κ1) is 26.8. The maximum Gasteiger partial charge on any atom is 0.250 e. The van der Waals surface area contributed by atoms with Crippen LogP contribution in [0.15, 0.2) is 79.3 Å². The van der Waals surface area contributed by atoms with Crippen LogP contribution in [0.4, 0.5) is 18.9 Å². The van der Waals surface area contributed by atoms with Crippen molar-refractivity contribution in [2.45, 2.75) is 38.3 Å². The number of nitrogens with zero attached hydrogens (tertiary/aromatic N) is 4. The van der Waals surface area contributed by atoms with Crippen molar-refractivity contribution in [2.24, 2.45) is 0 Å². The topological polar surface area (TPSA) is 79.0 Å². The molecule has 4 heterocycles. The van der Waals surface area contributed by atoms with E-state index in [1.54, 1.807) is 30.6 Å². The number of anilines is 1. The van der Waals surface area contributed by atoms with Crippen molar-refractivity contribution in [2.75, 3.05) is 18.4 Å². The van der Waals surface area contributed by atoms with Gasteiger partial charge < -0.3 is 10.1 Å². The number of aromatic nitrogens is 4. The molecule has 2 aromatic carbocycles. The second-order valence-corrected chi connectivity index (χ2v) is 10.4. The van der Waals surface area contributed by atoms with Crippen LogP contribution in [-0.4, -0.2) is 44.1 Å². The van der Waals surface area contributed by atoms with E-state index in [4.69, 9.17) is 4.74 Å². The fraction of sp³-hybridized carbons (Fsp3) is 0.258. The zero-order chi connectivity index (χ0) is 28.4. The molecule has 0 saturated carbocycles. The minimum absolute atomic E-state index is 0.101. The molecule has 5 aromatic rings. The molecule has 1 fully saturated rings. The van der Waals surface area contributed by atoms with Gasteiger partial charge in [0.05, 0.1) is 29.1 Å². The zero-order valence-corrected chi connectivity index (χ0v) is 22.4. The number of hydrogen-bond acceptors (Lipinski definition) is 6. The van der Waals surface area contributed by atoms with Crippen molar-refractivity contribution in [3.8, 4) is 22.8 Å². The molecular weight excluding hydrogens is 529 g/mol.